The third-order valence-corrected chi connectivity index (χ3v) is 3.50. The Balaban J connectivity index is 2.95. The van der Waals surface area contributed by atoms with E-state index < -0.39 is 15.9 Å². The van der Waals surface area contributed by atoms with Crippen molar-refractivity contribution in [3.63, 3.8) is 0 Å². The first-order valence-corrected chi connectivity index (χ1v) is 6.51. The molecule has 0 aliphatic carbocycles. The van der Waals surface area contributed by atoms with E-state index in [1.54, 1.807) is 13.8 Å². The molecule has 0 fully saturated rings. The highest BCUT2D eigenvalue weighted by Gasteiger charge is 2.18. The summed E-state index contributed by atoms with van der Waals surface area (Å²) in [6, 6.07) is 5.60. The molecule has 0 radical (unpaired) electrons. The first kappa shape index (κ1) is 13.0. The topological polar surface area (TPSA) is 63.2 Å². The lowest BCUT2D eigenvalue weighted by molar-refractivity contribution is -0.122. The fourth-order valence-electron chi connectivity index (χ4n) is 0.923. The number of amides is 1. The lowest BCUT2D eigenvalue weighted by atomic mass is 10.2. The van der Waals surface area contributed by atoms with Crippen molar-refractivity contribution in [2.24, 2.45) is 5.92 Å². The number of hydrogen-bond donors (Lipinski definition) is 1. The molecule has 16 heavy (non-hydrogen) atoms. The number of benzene rings is 1. The molecule has 0 unspecified atom stereocenters. The zero-order valence-electron chi connectivity index (χ0n) is 8.90. The lowest BCUT2D eigenvalue weighted by Gasteiger charge is -2.08. The summed E-state index contributed by atoms with van der Waals surface area (Å²) < 4.78 is 25.3. The van der Waals surface area contributed by atoms with E-state index >= 15 is 0 Å². The van der Waals surface area contributed by atoms with Gasteiger partial charge in [0.25, 0.3) is 10.0 Å². The maximum absolute atomic E-state index is 11.7. The van der Waals surface area contributed by atoms with Gasteiger partial charge in [-0.05, 0) is 24.3 Å². The summed E-state index contributed by atoms with van der Waals surface area (Å²) in [6.07, 6.45) is 0. The third-order valence-electron chi connectivity index (χ3n) is 1.88. The van der Waals surface area contributed by atoms with E-state index in [2.05, 4.69) is 0 Å². The maximum Gasteiger partial charge on any atom is 0.264 e. The smallest absolute Gasteiger partial charge is 0.264 e. The molecular weight excluding hydrogens is 250 g/mol. The summed E-state index contributed by atoms with van der Waals surface area (Å²) in [6.45, 7) is 3.24. The molecule has 4 nitrogen and oxygen atoms in total. The summed E-state index contributed by atoms with van der Waals surface area (Å²) in [5.41, 5.74) is 0. The average molecular weight is 262 g/mol. The molecule has 0 bridgehead atoms. The molecule has 6 heteroatoms. The molecule has 1 amide bonds. The van der Waals surface area contributed by atoms with Crippen molar-refractivity contribution in [2.75, 3.05) is 0 Å². The zero-order valence-corrected chi connectivity index (χ0v) is 10.5. The Bertz CT molecular complexity index is 479. The van der Waals surface area contributed by atoms with Crippen molar-refractivity contribution in [1.82, 2.24) is 4.72 Å². The van der Waals surface area contributed by atoms with Crippen LogP contribution < -0.4 is 4.72 Å². The Morgan fingerprint density at radius 1 is 1.25 bits per heavy atom. The van der Waals surface area contributed by atoms with Crippen LogP contribution in [0.25, 0.3) is 0 Å². The predicted octanol–water partition coefficient (Wildman–Crippen LogP) is 1.80. The number of nitrogens with one attached hydrogen (secondary N) is 1. The number of carbonyl (C=O) groups excluding carboxylic acids is 1. The van der Waals surface area contributed by atoms with Crippen molar-refractivity contribution in [1.29, 1.82) is 0 Å². The molecule has 0 atom stereocenters. The molecule has 0 saturated carbocycles. The number of rotatable bonds is 3. The Hall–Kier alpha value is -1.07. The minimum atomic E-state index is -3.78. The van der Waals surface area contributed by atoms with E-state index in [-0.39, 0.29) is 10.8 Å². The second-order valence-electron chi connectivity index (χ2n) is 3.58. The molecule has 1 aromatic rings. The van der Waals surface area contributed by atoms with E-state index in [4.69, 9.17) is 11.6 Å². The van der Waals surface area contributed by atoms with Gasteiger partial charge in [-0.15, -0.1) is 0 Å². The number of sulfonamides is 1. The largest absolute Gasteiger partial charge is 0.274 e. The monoisotopic (exact) mass is 261 g/mol. The lowest BCUT2D eigenvalue weighted by Crippen LogP contribution is -2.33. The molecule has 88 valence electrons. The standard InChI is InChI=1S/C10H12ClNO3S/c1-7(2)10(13)12-16(14,15)9-5-3-8(11)4-6-9/h3-7H,1-2H3,(H,12,13). The highest BCUT2D eigenvalue weighted by atomic mass is 35.5. The van der Waals surface area contributed by atoms with Crippen LogP contribution in [0.5, 0.6) is 0 Å². The molecule has 1 aromatic carbocycles. The number of hydrogen-bond acceptors (Lipinski definition) is 3. The van der Waals surface area contributed by atoms with Crippen LogP contribution in [0, 0.1) is 5.92 Å². The molecule has 1 rings (SSSR count). The first-order valence-electron chi connectivity index (χ1n) is 4.65. The van der Waals surface area contributed by atoms with Crippen molar-refractivity contribution in [2.45, 2.75) is 18.7 Å². The quantitative estimate of drug-likeness (QED) is 0.902. The van der Waals surface area contributed by atoms with Gasteiger partial charge in [-0.1, -0.05) is 25.4 Å². The van der Waals surface area contributed by atoms with E-state index in [9.17, 15) is 13.2 Å². The summed E-state index contributed by atoms with van der Waals surface area (Å²) in [5.74, 6) is -0.919. The van der Waals surface area contributed by atoms with Crippen LogP contribution in [0.3, 0.4) is 0 Å². The Kier molecular flexibility index (Phi) is 3.93. The summed E-state index contributed by atoms with van der Waals surface area (Å²) >= 11 is 5.64. The Morgan fingerprint density at radius 3 is 2.19 bits per heavy atom. The van der Waals surface area contributed by atoms with Crippen LogP contribution in [0.1, 0.15) is 13.8 Å². The molecule has 0 aliphatic rings. The van der Waals surface area contributed by atoms with Crippen LogP contribution in [-0.4, -0.2) is 14.3 Å². The molecule has 1 N–H and O–H groups in total. The number of halogens is 1. The number of carbonyl (C=O) groups is 1. The average Bonchev–Trinajstić information content (AvgIpc) is 2.17. The molecule has 0 heterocycles. The van der Waals surface area contributed by atoms with Gasteiger partial charge in [0.1, 0.15) is 0 Å². The molecule has 0 saturated heterocycles. The molecule has 0 aliphatic heterocycles. The normalized spacial score (nSPS) is 11.5. The van der Waals surface area contributed by atoms with Crippen molar-refractivity contribution < 1.29 is 13.2 Å². The van der Waals surface area contributed by atoms with Crippen LogP contribution in [0.2, 0.25) is 5.02 Å². The van der Waals surface area contributed by atoms with Crippen LogP contribution in [0.15, 0.2) is 29.2 Å². The third kappa shape index (κ3) is 3.21. The van der Waals surface area contributed by atoms with Gasteiger partial charge in [0.2, 0.25) is 5.91 Å². The van der Waals surface area contributed by atoms with Crippen molar-refractivity contribution in [3.8, 4) is 0 Å². The summed E-state index contributed by atoms with van der Waals surface area (Å²) in [5, 5.41) is 0.439. The van der Waals surface area contributed by atoms with E-state index in [0.717, 1.165) is 0 Å². The first-order chi connectivity index (χ1) is 7.33. The van der Waals surface area contributed by atoms with Gasteiger partial charge in [-0.2, -0.15) is 0 Å². The van der Waals surface area contributed by atoms with Gasteiger partial charge in [0.05, 0.1) is 4.90 Å². The zero-order chi connectivity index (χ0) is 12.3. The van der Waals surface area contributed by atoms with Crippen LogP contribution in [0.4, 0.5) is 0 Å². The van der Waals surface area contributed by atoms with E-state index in [0.29, 0.717) is 5.02 Å². The minimum Gasteiger partial charge on any atom is -0.274 e. The van der Waals surface area contributed by atoms with Crippen LogP contribution in [-0.2, 0) is 14.8 Å². The summed E-state index contributed by atoms with van der Waals surface area (Å²) in [7, 11) is -3.78. The SMILES string of the molecule is CC(C)C(=O)NS(=O)(=O)c1ccc(Cl)cc1. The van der Waals surface area contributed by atoms with Gasteiger partial charge in [-0.3, -0.25) is 4.79 Å². The van der Waals surface area contributed by atoms with E-state index in [1.165, 1.54) is 24.3 Å². The second kappa shape index (κ2) is 4.84. The highest BCUT2D eigenvalue weighted by Crippen LogP contribution is 2.14. The maximum atomic E-state index is 11.7. The predicted molar refractivity (Wildman–Crippen MR) is 61.6 cm³/mol. The summed E-state index contributed by atoms with van der Waals surface area (Å²) in [4.78, 5) is 11.3. The molecule has 0 spiro atoms. The van der Waals surface area contributed by atoms with Gasteiger partial charge >= 0.3 is 0 Å². The van der Waals surface area contributed by atoms with Crippen LogP contribution >= 0.6 is 11.6 Å². The second-order valence-corrected chi connectivity index (χ2v) is 5.70. The minimum absolute atomic E-state index is 0.0194. The fraction of sp³-hybridized carbons (Fsp3) is 0.300. The Morgan fingerprint density at radius 2 is 1.75 bits per heavy atom. The van der Waals surface area contributed by atoms with E-state index in [1.807, 2.05) is 4.72 Å². The Labute approximate surface area is 99.7 Å². The highest BCUT2D eigenvalue weighted by molar-refractivity contribution is 7.90. The van der Waals surface area contributed by atoms with Gasteiger partial charge in [0, 0.05) is 10.9 Å². The fourth-order valence-corrected chi connectivity index (χ4v) is 2.16. The molecule has 0 aromatic heterocycles. The van der Waals surface area contributed by atoms with Gasteiger partial charge in [0.15, 0.2) is 0 Å². The van der Waals surface area contributed by atoms with Crippen molar-refractivity contribution >= 4 is 27.5 Å². The van der Waals surface area contributed by atoms with Gasteiger partial charge in [-0.25, -0.2) is 13.1 Å². The van der Waals surface area contributed by atoms with Crippen molar-refractivity contribution in [3.05, 3.63) is 29.3 Å². The van der Waals surface area contributed by atoms with Gasteiger partial charge < -0.3 is 0 Å². The molecular formula is C10H12ClNO3S.